The molecule has 0 saturated heterocycles. The van der Waals surface area contributed by atoms with Crippen LogP contribution in [0.3, 0.4) is 0 Å². The monoisotopic (exact) mass is 313 g/mol. The van der Waals surface area contributed by atoms with E-state index in [0.717, 1.165) is 0 Å². The summed E-state index contributed by atoms with van der Waals surface area (Å²) in [4.78, 5) is 0.330. The summed E-state index contributed by atoms with van der Waals surface area (Å²) < 4.78 is 63.6. The van der Waals surface area contributed by atoms with Crippen LogP contribution >= 0.6 is 11.8 Å². The second-order valence-electron chi connectivity index (χ2n) is 5.35. The molecular weight excluding hydrogens is 297 g/mol. The van der Waals surface area contributed by atoms with E-state index in [0.29, 0.717) is 4.90 Å². The molecule has 2 N–H and O–H groups in total. The number of hydrogen-bond acceptors (Lipinski definition) is 2. The number of rotatable bonds is 3. The van der Waals surface area contributed by atoms with Gasteiger partial charge in [-0.3, -0.25) is 0 Å². The molecule has 1 rings (SSSR count). The van der Waals surface area contributed by atoms with Gasteiger partial charge in [-0.15, -0.1) is 11.8 Å². The summed E-state index contributed by atoms with van der Waals surface area (Å²) in [6.07, 6.45) is -5.67. The van der Waals surface area contributed by atoms with Crippen molar-refractivity contribution in [1.29, 1.82) is 0 Å². The standard InChI is InChI=1S/C13H16F5NS/c1-11(2,3)20-9-7-5-4-6-8(9)10(19)12(14,15)13(16,17)18/h4-7,10H,19H2,1-3H3/t10-/m0/s1. The molecule has 0 fully saturated rings. The normalized spacial score (nSPS) is 15.2. The van der Waals surface area contributed by atoms with E-state index in [1.54, 1.807) is 6.07 Å². The molecule has 0 radical (unpaired) electrons. The lowest BCUT2D eigenvalue weighted by Gasteiger charge is -2.28. The second kappa shape index (κ2) is 5.52. The van der Waals surface area contributed by atoms with E-state index in [-0.39, 0.29) is 10.3 Å². The van der Waals surface area contributed by atoms with Gasteiger partial charge < -0.3 is 5.73 Å². The molecular formula is C13H16F5NS. The molecule has 0 amide bonds. The molecule has 7 heteroatoms. The van der Waals surface area contributed by atoms with Crippen LogP contribution in [-0.4, -0.2) is 16.8 Å². The average Bonchev–Trinajstić information content (AvgIpc) is 2.25. The highest BCUT2D eigenvalue weighted by molar-refractivity contribution is 8.00. The third kappa shape index (κ3) is 3.85. The maximum atomic E-state index is 13.4. The van der Waals surface area contributed by atoms with Crippen molar-refractivity contribution in [2.75, 3.05) is 0 Å². The lowest BCUT2D eigenvalue weighted by atomic mass is 10.0. The van der Waals surface area contributed by atoms with Crippen LogP contribution in [0.25, 0.3) is 0 Å². The van der Waals surface area contributed by atoms with Crippen molar-refractivity contribution >= 4 is 11.8 Å². The predicted molar refractivity (Wildman–Crippen MR) is 70.0 cm³/mol. The molecule has 0 aliphatic rings. The maximum Gasteiger partial charge on any atom is 0.455 e. The Morgan fingerprint density at radius 3 is 1.95 bits per heavy atom. The van der Waals surface area contributed by atoms with Crippen LogP contribution in [0.4, 0.5) is 22.0 Å². The largest absolute Gasteiger partial charge is 0.455 e. The molecule has 1 atom stereocenters. The van der Waals surface area contributed by atoms with E-state index in [4.69, 9.17) is 5.73 Å². The molecule has 0 spiro atoms. The smallest absolute Gasteiger partial charge is 0.319 e. The van der Waals surface area contributed by atoms with Crippen molar-refractivity contribution in [1.82, 2.24) is 0 Å². The molecule has 0 unspecified atom stereocenters. The minimum absolute atomic E-state index is 0.199. The fourth-order valence-corrected chi connectivity index (χ4v) is 2.65. The van der Waals surface area contributed by atoms with Gasteiger partial charge in [0, 0.05) is 9.64 Å². The van der Waals surface area contributed by atoms with Gasteiger partial charge in [-0.1, -0.05) is 39.0 Å². The maximum absolute atomic E-state index is 13.4. The van der Waals surface area contributed by atoms with Crippen LogP contribution in [0.5, 0.6) is 0 Å². The van der Waals surface area contributed by atoms with Crippen LogP contribution in [0, 0.1) is 0 Å². The summed E-state index contributed by atoms with van der Waals surface area (Å²) in [5.74, 6) is -4.97. The molecule has 0 bridgehead atoms. The molecule has 0 heterocycles. The van der Waals surface area contributed by atoms with Crippen LogP contribution in [0.15, 0.2) is 29.2 Å². The van der Waals surface area contributed by atoms with Crippen LogP contribution < -0.4 is 5.73 Å². The fraction of sp³-hybridized carbons (Fsp3) is 0.538. The first-order chi connectivity index (χ1) is 8.86. The molecule has 0 saturated carbocycles. The molecule has 1 aromatic carbocycles. The van der Waals surface area contributed by atoms with Gasteiger partial charge in [0.15, 0.2) is 0 Å². The van der Waals surface area contributed by atoms with E-state index in [2.05, 4.69) is 0 Å². The molecule has 0 aromatic heterocycles. The van der Waals surface area contributed by atoms with Gasteiger partial charge in [-0.25, -0.2) is 0 Å². The third-order valence-corrected chi connectivity index (χ3v) is 3.64. The second-order valence-corrected chi connectivity index (χ2v) is 7.22. The van der Waals surface area contributed by atoms with Crippen molar-refractivity contribution in [2.45, 2.75) is 48.6 Å². The van der Waals surface area contributed by atoms with E-state index in [1.807, 2.05) is 20.8 Å². The first-order valence-corrected chi connectivity index (χ1v) is 6.66. The van der Waals surface area contributed by atoms with E-state index < -0.39 is 18.1 Å². The summed E-state index contributed by atoms with van der Waals surface area (Å²) in [7, 11) is 0. The summed E-state index contributed by atoms with van der Waals surface area (Å²) in [5.41, 5.74) is 5.00. The third-order valence-electron chi connectivity index (χ3n) is 2.44. The summed E-state index contributed by atoms with van der Waals surface area (Å²) in [6.45, 7) is 5.51. The SMILES string of the molecule is CC(C)(C)Sc1ccccc1[C@H](N)C(F)(F)C(F)(F)F. The topological polar surface area (TPSA) is 26.0 Å². The predicted octanol–water partition coefficient (Wildman–Crippen LogP) is 4.77. The first-order valence-electron chi connectivity index (χ1n) is 5.84. The molecule has 0 aliphatic carbocycles. The van der Waals surface area contributed by atoms with E-state index in [9.17, 15) is 22.0 Å². The van der Waals surface area contributed by atoms with Crippen LogP contribution in [-0.2, 0) is 0 Å². The lowest BCUT2D eigenvalue weighted by Crippen LogP contribution is -2.46. The highest BCUT2D eigenvalue weighted by Gasteiger charge is 2.62. The van der Waals surface area contributed by atoms with Crippen LogP contribution in [0.1, 0.15) is 32.4 Å². The molecule has 0 aliphatic heterocycles. The molecule has 114 valence electrons. The van der Waals surface area contributed by atoms with Gasteiger partial charge in [-0.2, -0.15) is 22.0 Å². The van der Waals surface area contributed by atoms with Crippen molar-refractivity contribution in [3.63, 3.8) is 0 Å². The summed E-state index contributed by atoms with van der Waals surface area (Å²) in [5, 5.41) is 0. The number of nitrogens with two attached hydrogens (primary N) is 1. The Balaban J connectivity index is 3.20. The zero-order chi connectivity index (χ0) is 15.8. The Labute approximate surface area is 118 Å². The zero-order valence-corrected chi connectivity index (χ0v) is 12.1. The van der Waals surface area contributed by atoms with Gasteiger partial charge in [0.2, 0.25) is 0 Å². The summed E-state index contributed by atoms with van der Waals surface area (Å²) in [6, 6.07) is 3.26. The van der Waals surface area contributed by atoms with Crippen molar-refractivity contribution in [2.24, 2.45) is 5.73 Å². The van der Waals surface area contributed by atoms with Gasteiger partial charge in [0.25, 0.3) is 0 Å². The van der Waals surface area contributed by atoms with E-state index >= 15 is 0 Å². The molecule has 20 heavy (non-hydrogen) atoms. The zero-order valence-electron chi connectivity index (χ0n) is 11.3. The lowest BCUT2D eigenvalue weighted by molar-refractivity contribution is -0.291. The number of alkyl halides is 5. The Bertz CT molecular complexity index is 465. The first kappa shape index (κ1) is 17.2. The summed E-state index contributed by atoms with van der Waals surface area (Å²) >= 11 is 1.20. The Morgan fingerprint density at radius 2 is 1.50 bits per heavy atom. The number of halogens is 5. The Morgan fingerprint density at radius 1 is 1.00 bits per heavy atom. The van der Waals surface area contributed by atoms with Crippen molar-refractivity contribution < 1.29 is 22.0 Å². The van der Waals surface area contributed by atoms with Crippen molar-refractivity contribution in [3.8, 4) is 0 Å². The van der Waals surface area contributed by atoms with Gasteiger partial charge >= 0.3 is 12.1 Å². The number of hydrogen-bond donors (Lipinski definition) is 1. The number of benzene rings is 1. The van der Waals surface area contributed by atoms with E-state index in [1.165, 1.54) is 30.0 Å². The Hall–Kier alpha value is -0.820. The van der Waals surface area contributed by atoms with Gasteiger partial charge in [0.1, 0.15) is 6.04 Å². The van der Waals surface area contributed by atoms with Crippen molar-refractivity contribution in [3.05, 3.63) is 29.8 Å². The molecule has 1 nitrogen and oxygen atoms in total. The highest BCUT2D eigenvalue weighted by atomic mass is 32.2. The number of thioether (sulfide) groups is 1. The Kier molecular flexibility index (Phi) is 4.76. The quantitative estimate of drug-likeness (QED) is 0.642. The fourth-order valence-electron chi connectivity index (χ4n) is 1.53. The molecule has 1 aromatic rings. The van der Waals surface area contributed by atoms with Gasteiger partial charge in [0.05, 0.1) is 0 Å². The minimum atomic E-state index is -5.67. The van der Waals surface area contributed by atoms with Gasteiger partial charge in [-0.05, 0) is 11.6 Å². The average molecular weight is 313 g/mol. The highest BCUT2D eigenvalue weighted by Crippen LogP contribution is 2.46. The van der Waals surface area contributed by atoms with Crippen LogP contribution in [0.2, 0.25) is 0 Å². The minimum Gasteiger partial charge on any atom is -0.319 e.